The lowest BCUT2D eigenvalue weighted by Crippen LogP contribution is -2.22. The fourth-order valence-corrected chi connectivity index (χ4v) is 4.21. The summed E-state index contributed by atoms with van der Waals surface area (Å²) in [4.78, 5) is 0. The molecule has 4 rings (SSSR count). The summed E-state index contributed by atoms with van der Waals surface area (Å²) in [7, 11) is 0. The average Bonchev–Trinajstić information content (AvgIpc) is 3.19. The molecule has 0 N–H and O–H groups in total. The van der Waals surface area contributed by atoms with Gasteiger partial charge in [-0.1, -0.05) is 39.8 Å². The van der Waals surface area contributed by atoms with Crippen LogP contribution in [0.2, 0.25) is 0 Å². The molecular weight excluding hydrogens is 308 g/mol. The Balaban J connectivity index is 1.44. The van der Waals surface area contributed by atoms with E-state index in [0.29, 0.717) is 5.92 Å². The van der Waals surface area contributed by atoms with Gasteiger partial charge < -0.3 is 4.74 Å². The van der Waals surface area contributed by atoms with Crippen molar-refractivity contribution in [2.75, 3.05) is 6.61 Å². The van der Waals surface area contributed by atoms with Gasteiger partial charge in [-0.2, -0.15) is 5.10 Å². The zero-order valence-corrected chi connectivity index (χ0v) is 16.0. The molecule has 0 fully saturated rings. The first kappa shape index (κ1) is 16.7. The van der Waals surface area contributed by atoms with Crippen molar-refractivity contribution in [2.45, 2.75) is 71.3 Å². The summed E-state index contributed by atoms with van der Waals surface area (Å²) >= 11 is 0. The molecule has 2 atom stereocenters. The van der Waals surface area contributed by atoms with E-state index in [9.17, 15) is 0 Å². The highest BCUT2D eigenvalue weighted by molar-refractivity contribution is 5.40. The summed E-state index contributed by atoms with van der Waals surface area (Å²) in [6, 6.07) is 9.11. The van der Waals surface area contributed by atoms with Crippen LogP contribution in [0.4, 0.5) is 0 Å². The predicted octanol–water partition coefficient (Wildman–Crippen LogP) is 4.87. The van der Waals surface area contributed by atoms with E-state index >= 15 is 0 Å². The Bertz CT molecular complexity index is 769. The summed E-state index contributed by atoms with van der Waals surface area (Å²) in [5.74, 6) is 2.40. The maximum absolute atomic E-state index is 5.64. The molecule has 2 aliphatic rings. The first-order valence-electron chi connectivity index (χ1n) is 9.73. The van der Waals surface area contributed by atoms with Crippen LogP contribution in [-0.2, 0) is 24.8 Å². The van der Waals surface area contributed by atoms with Crippen LogP contribution in [0.5, 0.6) is 5.75 Å². The molecule has 0 saturated carbocycles. The third kappa shape index (κ3) is 3.33. The lowest BCUT2D eigenvalue weighted by molar-refractivity contribution is 0.310. The predicted molar refractivity (Wildman–Crippen MR) is 101 cm³/mol. The van der Waals surface area contributed by atoms with Crippen molar-refractivity contribution >= 4 is 0 Å². The van der Waals surface area contributed by atoms with Gasteiger partial charge in [0.05, 0.1) is 12.3 Å². The van der Waals surface area contributed by atoms with Gasteiger partial charge in [0, 0.05) is 24.1 Å². The Morgan fingerprint density at radius 2 is 2.08 bits per heavy atom. The standard InChI is InChI=1S/C22H30N2O/c1-15(17-6-8-20-18(12-17)9-10-25-20)11-16-5-7-19-13-21(22(2,3)4)23-24(19)14-16/h6,8,12-13,15-16H,5,7,9-11,14H2,1-4H3. The molecule has 2 aliphatic heterocycles. The largest absolute Gasteiger partial charge is 0.493 e. The zero-order chi connectivity index (χ0) is 17.6. The highest BCUT2D eigenvalue weighted by Crippen LogP contribution is 2.34. The van der Waals surface area contributed by atoms with E-state index in [2.05, 4.69) is 56.6 Å². The normalized spacial score (nSPS) is 20.7. The molecule has 3 heteroatoms. The van der Waals surface area contributed by atoms with Gasteiger partial charge in [0.25, 0.3) is 0 Å². The zero-order valence-electron chi connectivity index (χ0n) is 16.0. The van der Waals surface area contributed by atoms with Crippen molar-refractivity contribution in [3.05, 3.63) is 46.8 Å². The van der Waals surface area contributed by atoms with Crippen molar-refractivity contribution in [2.24, 2.45) is 5.92 Å². The number of hydrogen-bond donors (Lipinski definition) is 0. The van der Waals surface area contributed by atoms with Crippen molar-refractivity contribution < 1.29 is 4.74 Å². The van der Waals surface area contributed by atoms with E-state index in [1.54, 1.807) is 0 Å². The molecule has 2 aromatic rings. The van der Waals surface area contributed by atoms with E-state index < -0.39 is 0 Å². The van der Waals surface area contributed by atoms with E-state index in [4.69, 9.17) is 9.84 Å². The average molecular weight is 338 g/mol. The van der Waals surface area contributed by atoms with Gasteiger partial charge in [-0.15, -0.1) is 0 Å². The summed E-state index contributed by atoms with van der Waals surface area (Å²) in [5, 5.41) is 4.90. The molecule has 0 bridgehead atoms. The van der Waals surface area contributed by atoms with E-state index in [-0.39, 0.29) is 5.41 Å². The van der Waals surface area contributed by atoms with Crippen LogP contribution in [0.1, 0.15) is 69.0 Å². The van der Waals surface area contributed by atoms with Gasteiger partial charge >= 0.3 is 0 Å². The molecule has 1 aromatic carbocycles. The van der Waals surface area contributed by atoms with Crippen LogP contribution in [0.3, 0.4) is 0 Å². The van der Waals surface area contributed by atoms with Gasteiger partial charge in [0.15, 0.2) is 0 Å². The van der Waals surface area contributed by atoms with Crippen LogP contribution in [-0.4, -0.2) is 16.4 Å². The number of ether oxygens (including phenoxy) is 1. The topological polar surface area (TPSA) is 27.1 Å². The maximum atomic E-state index is 5.64. The fourth-order valence-electron chi connectivity index (χ4n) is 4.21. The number of fused-ring (bicyclic) bond motifs is 2. The summed E-state index contributed by atoms with van der Waals surface area (Å²) < 4.78 is 7.92. The van der Waals surface area contributed by atoms with E-state index in [1.165, 1.54) is 41.8 Å². The van der Waals surface area contributed by atoms with Gasteiger partial charge in [-0.3, -0.25) is 4.68 Å². The Kier molecular flexibility index (Phi) is 4.13. The second kappa shape index (κ2) is 6.19. The van der Waals surface area contributed by atoms with Crippen molar-refractivity contribution in [1.82, 2.24) is 9.78 Å². The Hall–Kier alpha value is -1.77. The molecule has 0 amide bonds. The monoisotopic (exact) mass is 338 g/mol. The molecule has 0 aliphatic carbocycles. The Morgan fingerprint density at radius 1 is 1.24 bits per heavy atom. The second-order valence-electron chi connectivity index (χ2n) is 8.96. The number of hydrogen-bond acceptors (Lipinski definition) is 2. The molecule has 2 unspecified atom stereocenters. The fraction of sp³-hybridized carbons (Fsp3) is 0.591. The van der Waals surface area contributed by atoms with E-state index in [1.807, 2.05) is 0 Å². The molecule has 3 nitrogen and oxygen atoms in total. The summed E-state index contributed by atoms with van der Waals surface area (Å²) in [5.41, 5.74) is 5.64. The highest BCUT2D eigenvalue weighted by Gasteiger charge is 2.26. The number of rotatable bonds is 3. The molecule has 0 spiro atoms. The van der Waals surface area contributed by atoms with Gasteiger partial charge in [-0.25, -0.2) is 0 Å². The second-order valence-corrected chi connectivity index (χ2v) is 8.96. The van der Waals surface area contributed by atoms with Crippen LogP contribution in [0, 0.1) is 5.92 Å². The number of aryl methyl sites for hydroxylation is 1. The maximum Gasteiger partial charge on any atom is 0.122 e. The minimum absolute atomic E-state index is 0.139. The lowest BCUT2D eigenvalue weighted by atomic mass is 9.85. The summed E-state index contributed by atoms with van der Waals surface area (Å²) in [6.07, 6.45) is 4.75. The number of benzene rings is 1. The Labute approximate surface area is 151 Å². The van der Waals surface area contributed by atoms with Gasteiger partial charge in [0.2, 0.25) is 0 Å². The number of aromatic nitrogens is 2. The lowest BCUT2D eigenvalue weighted by Gasteiger charge is -2.26. The molecule has 0 radical (unpaired) electrons. The van der Waals surface area contributed by atoms with Crippen molar-refractivity contribution in [1.29, 1.82) is 0 Å². The molecule has 134 valence electrons. The molecule has 3 heterocycles. The highest BCUT2D eigenvalue weighted by atomic mass is 16.5. The van der Waals surface area contributed by atoms with Crippen LogP contribution in [0.15, 0.2) is 24.3 Å². The van der Waals surface area contributed by atoms with Gasteiger partial charge in [-0.05, 0) is 54.4 Å². The van der Waals surface area contributed by atoms with Gasteiger partial charge in [0.1, 0.15) is 5.75 Å². The smallest absolute Gasteiger partial charge is 0.122 e. The van der Waals surface area contributed by atoms with Crippen LogP contribution >= 0.6 is 0 Å². The first-order chi connectivity index (χ1) is 11.9. The molecular formula is C22H30N2O. The van der Waals surface area contributed by atoms with Crippen LogP contribution in [0.25, 0.3) is 0 Å². The van der Waals surface area contributed by atoms with E-state index in [0.717, 1.165) is 31.2 Å². The third-order valence-corrected chi connectivity index (χ3v) is 5.84. The minimum atomic E-state index is 0.139. The molecule has 1 aromatic heterocycles. The Morgan fingerprint density at radius 3 is 2.88 bits per heavy atom. The quantitative estimate of drug-likeness (QED) is 0.798. The van der Waals surface area contributed by atoms with Crippen molar-refractivity contribution in [3.8, 4) is 5.75 Å². The minimum Gasteiger partial charge on any atom is -0.493 e. The van der Waals surface area contributed by atoms with Crippen molar-refractivity contribution in [3.63, 3.8) is 0 Å². The third-order valence-electron chi connectivity index (χ3n) is 5.84. The van der Waals surface area contributed by atoms with Crippen LogP contribution < -0.4 is 4.74 Å². The SMILES string of the molecule is CC(CC1CCc2cc(C(C)(C)C)nn2C1)c1ccc2c(c1)CCO2. The first-order valence-corrected chi connectivity index (χ1v) is 9.73. The number of nitrogens with zero attached hydrogens (tertiary/aromatic N) is 2. The molecule has 0 saturated heterocycles. The summed E-state index contributed by atoms with van der Waals surface area (Å²) in [6.45, 7) is 11.0. The molecule has 25 heavy (non-hydrogen) atoms.